The second-order valence-electron chi connectivity index (χ2n) is 10.9. The van der Waals surface area contributed by atoms with Gasteiger partial charge in [0.1, 0.15) is 5.75 Å². The molecule has 0 radical (unpaired) electrons. The quantitative estimate of drug-likeness (QED) is 0.160. The number of nitrogens with zero attached hydrogens (tertiary/aromatic N) is 1. The average Bonchev–Trinajstić information content (AvgIpc) is 3.35. The van der Waals surface area contributed by atoms with Crippen LogP contribution in [0.5, 0.6) is 5.75 Å². The van der Waals surface area contributed by atoms with E-state index in [1.165, 1.54) is 32.5 Å². The van der Waals surface area contributed by atoms with Crippen molar-refractivity contribution in [3.63, 3.8) is 0 Å². The van der Waals surface area contributed by atoms with Crippen LogP contribution >= 0.6 is 11.8 Å². The highest BCUT2D eigenvalue weighted by molar-refractivity contribution is 7.98. The minimum absolute atomic E-state index is 0.195. The molecule has 1 unspecified atom stereocenters. The number of thioether (sulfide) groups is 1. The van der Waals surface area contributed by atoms with Gasteiger partial charge in [-0.1, -0.05) is 105 Å². The maximum atomic E-state index is 7.72. The van der Waals surface area contributed by atoms with Crippen molar-refractivity contribution in [3.8, 4) is 16.9 Å². The molecule has 41 heavy (non-hydrogen) atoms. The Hall–Kier alpha value is -4.26. The van der Waals surface area contributed by atoms with Crippen LogP contribution in [0.3, 0.4) is 0 Å². The molecule has 1 atom stereocenters. The predicted octanol–water partition coefficient (Wildman–Crippen LogP) is 10.5. The predicted molar refractivity (Wildman–Crippen MR) is 172 cm³/mol. The number of ether oxygens (including phenoxy) is 1. The first-order chi connectivity index (χ1) is 20.1. The molecule has 5 aromatic rings. The molecule has 1 aliphatic heterocycles. The standard InChI is InChI=1S/C38H31NOS/c1-5-37(6-2)33-24-27(39-3)18-21-31(33)34-29-14-10-11-15-30(29)36-32(35(34)37)22-23-38(40-36,25-12-8-7-9-13-25)26-16-19-28(41-4)20-17-26/h7-24H,5-6H2,1-2,4H3. The molecule has 0 bridgehead atoms. The fourth-order valence-electron chi connectivity index (χ4n) is 7.20. The van der Waals surface area contributed by atoms with E-state index in [0.717, 1.165) is 40.7 Å². The zero-order chi connectivity index (χ0) is 28.2. The van der Waals surface area contributed by atoms with Gasteiger partial charge in [-0.05, 0) is 64.9 Å². The monoisotopic (exact) mass is 549 g/mol. The van der Waals surface area contributed by atoms with E-state index in [2.05, 4.69) is 128 Å². The minimum atomic E-state index is -0.758. The van der Waals surface area contributed by atoms with E-state index in [1.54, 1.807) is 11.8 Å². The molecule has 5 aromatic carbocycles. The van der Waals surface area contributed by atoms with Crippen LogP contribution in [0.2, 0.25) is 0 Å². The number of hydrogen-bond acceptors (Lipinski definition) is 2. The molecule has 7 rings (SSSR count). The van der Waals surface area contributed by atoms with Crippen LogP contribution in [0.25, 0.3) is 32.8 Å². The fourth-order valence-corrected chi connectivity index (χ4v) is 7.61. The number of hydrogen-bond donors (Lipinski definition) is 0. The molecule has 0 aromatic heterocycles. The minimum Gasteiger partial charge on any atom is -0.472 e. The molecule has 1 aliphatic carbocycles. The third-order valence-corrected chi connectivity index (χ3v) is 10.0. The van der Waals surface area contributed by atoms with Crippen molar-refractivity contribution < 1.29 is 4.74 Å². The van der Waals surface area contributed by atoms with Crippen LogP contribution in [0.1, 0.15) is 54.5 Å². The smallest absolute Gasteiger partial charge is 0.187 e. The summed E-state index contributed by atoms with van der Waals surface area (Å²) < 4.78 is 7.39. The van der Waals surface area contributed by atoms with Gasteiger partial charge in [0.2, 0.25) is 0 Å². The van der Waals surface area contributed by atoms with Gasteiger partial charge < -0.3 is 4.74 Å². The van der Waals surface area contributed by atoms with E-state index in [1.807, 2.05) is 6.07 Å². The molecule has 1 heterocycles. The highest BCUT2D eigenvalue weighted by atomic mass is 32.2. The van der Waals surface area contributed by atoms with Crippen molar-refractivity contribution in [2.45, 2.75) is 42.6 Å². The fraction of sp³-hybridized carbons (Fsp3) is 0.184. The summed E-state index contributed by atoms with van der Waals surface area (Å²) in [7, 11) is 0. The van der Waals surface area contributed by atoms with E-state index in [9.17, 15) is 0 Å². The summed E-state index contributed by atoms with van der Waals surface area (Å²) >= 11 is 1.75. The Bertz CT molecular complexity index is 1880. The first-order valence-corrected chi connectivity index (χ1v) is 15.5. The van der Waals surface area contributed by atoms with Gasteiger partial charge in [0.15, 0.2) is 11.3 Å². The molecular formula is C38H31NOS. The lowest BCUT2D eigenvalue weighted by atomic mass is 9.71. The number of fused-ring (bicyclic) bond motifs is 8. The third kappa shape index (κ3) is 3.57. The lowest BCUT2D eigenvalue weighted by molar-refractivity contribution is 0.163. The molecule has 2 nitrogen and oxygen atoms in total. The molecule has 0 fully saturated rings. The van der Waals surface area contributed by atoms with Crippen molar-refractivity contribution >= 4 is 34.3 Å². The molecule has 0 spiro atoms. The Morgan fingerprint density at radius 3 is 2.17 bits per heavy atom. The van der Waals surface area contributed by atoms with E-state index < -0.39 is 5.60 Å². The number of benzene rings is 5. The first kappa shape index (κ1) is 25.7. The normalized spacial score (nSPS) is 17.8. The van der Waals surface area contributed by atoms with Crippen LogP contribution < -0.4 is 4.74 Å². The Morgan fingerprint density at radius 1 is 0.805 bits per heavy atom. The Balaban J connectivity index is 1.56. The lowest BCUT2D eigenvalue weighted by Crippen LogP contribution is -2.35. The van der Waals surface area contributed by atoms with E-state index >= 15 is 0 Å². The largest absolute Gasteiger partial charge is 0.472 e. The van der Waals surface area contributed by atoms with Gasteiger partial charge in [-0.3, -0.25) is 0 Å². The van der Waals surface area contributed by atoms with E-state index in [0.29, 0.717) is 5.69 Å². The van der Waals surface area contributed by atoms with Gasteiger partial charge in [-0.15, -0.1) is 11.8 Å². The zero-order valence-corrected chi connectivity index (χ0v) is 24.4. The van der Waals surface area contributed by atoms with E-state index in [-0.39, 0.29) is 5.41 Å². The van der Waals surface area contributed by atoms with Crippen LogP contribution in [0.4, 0.5) is 5.69 Å². The molecule has 0 N–H and O–H groups in total. The van der Waals surface area contributed by atoms with Crippen LogP contribution in [-0.2, 0) is 11.0 Å². The van der Waals surface area contributed by atoms with Crippen molar-refractivity contribution in [3.05, 3.63) is 142 Å². The van der Waals surface area contributed by atoms with Crippen LogP contribution in [0.15, 0.2) is 108 Å². The second kappa shape index (κ2) is 9.68. The van der Waals surface area contributed by atoms with Gasteiger partial charge >= 0.3 is 0 Å². The van der Waals surface area contributed by atoms with Crippen LogP contribution in [-0.4, -0.2) is 6.26 Å². The van der Waals surface area contributed by atoms with Crippen molar-refractivity contribution in [1.29, 1.82) is 0 Å². The zero-order valence-electron chi connectivity index (χ0n) is 23.6. The Morgan fingerprint density at radius 2 is 1.49 bits per heavy atom. The molecular weight excluding hydrogens is 518 g/mol. The highest BCUT2D eigenvalue weighted by Gasteiger charge is 2.46. The lowest BCUT2D eigenvalue weighted by Gasteiger charge is -2.39. The average molecular weight is 550 g/mol. The molecule has 0 saturated carbocycles. The summed E-state index contributed by atoms with van der Waals surface area (Å²) in [4.78, 5) is 5.03. The Kier molecular flexibility index (Phi) is 6.07. The van der Waals surface area contributed by atoms with Gasteiger partial charge in [0.25, 0.3) is 0 Å². The summed E-state index contributed by atoms with van der Waals surface area (Å²) in [6.45, 7) is 12.3. The van der Waals surface area contributed by atoms with Gasteiger partial charge in [0.05, 0.1) is 6.57 Å². The maximum absolute atomic E-state index is 7.72. The first-order valence-electron chi connectivity index (χ1n) is 14.3. The maximum Gasteiger partial charge on any atom is 0.187 e. The molecule has 3 heteroatoms. The van der Waals surface area contributed by atoms with Gasteiger partial charge in [0, 0.05) is 32.4 Å². The summed E-state index contributed by atoms with van der Waals surface area (Å²) in [6, 6.07) is 34.3. The summed E-state index contributed by atoms with van der Waals surface area (Å²) in [5.74, 6) is 0.934. The summed E-state index contributed by atoms with van der Waals surface area (Å²) in [5, 5.41) is 2.33. The summed E-state index contributed by atoms with van der Waals surface area (Å²) in [5.41, 5.74) is 8.26. The van der Waals surface area contributed by atoms with Crippen molar-refractivity contribution in [2.75, 3.05) is 6.26 Å². The molecule has 2 aliphatic rings. The van der Waals surface area contributed by atoms with Crippen molar-refractivity contribution in [1.82, 2.24) is 0 Å². The highest BCUT2D eigenvalue weighted by Crippen LogP contribution is 2.60. The van der Waals surface area contributed by atoms with Gasteiger partial charge in [-0.25, -0.2) is 4.85 Å². The van der Waals surface area contributed by atoms with Gasteiger partial charge in [-0.2, -0.15) is 0 Å². The SMILES string of the molecule is [C-]#[N+]c1ccc2c(c1)C(CC)(CC)c1c3c(c4ccccc4c1-2)OC(c1ccccc1)(c1ccc(SC)cc1)C=C3. The second-order valence-corrected chi connectivity index (χ2v) is 11.8. The van der Waals surface area contributed by atoms with Crippen molar-refractivity contribution in [2.24, 2.45) is 0 Å². The topological polar surface area (TPSA) is 13.6 Å². The van der Waals surface area contributed by atoms with E-state index in [4.69, 9.17) is 11.3 Å². The third-order valence-electron chi connectivity index (χ3n) is 9.28. The van der Waals surface area contributed by atoms with Crippen LogP contribution in [0, 0.1) is 6.57 Å². The Labute approximate surface area is 246 Å². The molecule has 200 valence electrons. The summed E-state index contributed by atoms with van der Waals surface area (Å²) in [6.07, 6.45) is 8.58. The number of rotatable bonds is 5. The molecule has 0 saturated heterocycles. The molecule has 0 amide bonds.